The largest absolute Gasteiger partial charge is 0.349 e. The van der Waals surface area contributed by atoms with Crippen LogP contribution in [0.5, 0.6) is 0 Å². The first-order valence-corrected chi connectivity index (χ1v) is 6.79. The maximum absolute atomic E-state index is 13.0. The number of carbonyl (C=O) groups excluding carboxylic acids is 1. The van der Waals surface area contributed by atoms with Crippen LogP contribution in [0.15, 0.2) is 24.3 Å². The standard InChI is InChI=1S/C13H17BrFNO/c1-9(2)12(6-7-14)16-13(17)10-4-3-5-11(15)8-10/h3-5,8-9,12H,6-7H2,1-2H3,(H,16,17). The van der Waals surface area contributed by atoms with Crippen molar-refractivity contribution in [2.75, 3.05) is 5.33 Å². The van der Waals surface area contributed by atoms with Gasteiger partial charge in [0.15, 0.2) is 0 Å². The van der Waals surface area contributed by atoms with Crippen molar-refractivity contribution < 1.29 is 9.18 Å². The number of nitrogens with one attached hydrogen (secondary N) is 1. The third kappa shape index (κ3) is 4.46. The maximum Gasteiger partial charge on any atom is 0.251 e. The number of halogens is 2. The van der Waals surface area contributed by atoms with Crippen molar-refractivity contribution in [2.24, 2.45) is 5.92 Å². The first-order chi connectivity index (χ1) is 8.04. The van der Waals surface area contributed by atoms with Crippen molar-refractivity contribution in [3.8, 4) is 0 Å². The van der Waals surface area contributed by atoms with Gasteiger partial charge in [0.05, 0.1) is 0 Å². The zero-order valence-electron chi connectivity index (χ0n) is 10.0. The Morgan fingerprint density at radius 2 is 2.18 bits per heavy atom. The van der Waals surface area contributed by atoms with E-state index >= 15 is 0 Å². The van der Waals surface area contributed by atoms with E-state index in [1.165, 1.54) is 12.1 Å². The first kappa shape index (κ1) is 14.2. The molecule has 0 bridgehead atoms. The van der Waals surface area contributed by atoms with Gasteiger partial charge < -0.3 is 5.32 Å². The van der Waals surface area contributed by atoms with Gasteiger partial charge in [0, 0.05) is 16.9 Å². The molecule has 0 aliphatic heterocycles. The maximum atomic E-state index is 13.0. The van der Waals surface area contributed by atoms with Gasteiger partial charge in [-0.05, 0) is 30.5 Å². The van der Waals surface area contributed by atoms with Gasteiger partial charge in [-0.2, -0.15) is 0 Å². The van der Waals surface area contributed by atoms with E-state index in [0.717, 1.165) is 11.8 Å². The molecule has 1 atom stereocenters. The fourth-order valence-electron chi connectivity index (χ4n) is 1.57. The van der Waals surface area contributed by atoms with Gasteiger partial charge in [0.25, 0.3) is 5.91 Å². The van der Waals surface area contributed by atoms with Gasteiger partial charge in [-0.3, -0.25) is 4.79 Å². The molecule has 2 nitrogen and oxygen atoms in total. The summed E-state index contributed by atoms with van der Waals surface area (Å²) in [6.07, 6.45) is 0.860. The lowest BCUT2D eigenvalue weighted by atomic mass is 10.0. The number of carbonyl (C=O) groups is 1. The highest BCUT2D eigenvalue weighted by molar-refractivity contribution is 9.09. The summed E-state index contributed by atoms with van der Waals surface area (Å²) in [6.45, 7) is 4.11. The fraction of sp³-hybridized carbons (Fsp3) is 0.462. The minimum Gasteiger partial charge on any atom is -0.349 e. The molecule has 1 unspecified atom stereocenters. The van der Waals surface area contributed by atoms with Crippen LogP contribution in [0.1, 0.15) is 30.6 Å². The van der Waals surface area contributed by atoms with Gasteiger partial charge in [-0.25, -0.2) is 4.39 Å². The molecule has 1 aromatic rings. The highest BCUT2D eigenvalue weighted by atomic mass is 79.9. The Morgan fingerprint density at radius 1 is 1.47 bits per heavy atom. The normalized spacial score (nSPS) is 12.5. The summed E-state index contributed by atoms with van der Waals surface area (Å²) in [5, 5.41) is 3.76. The van der Waals surface area contributed by atoms with Crippen LogP contribution in [0.3, 0.4) is 0 Å². The molecule has 1 rings (SSSR count). The van der Waals surface area contributed by atoms with E-state index in [9.17, 15) is 9.18 Å². The zero-order chi connectivity index (χ0) is 12.8. The van der Waals surface area contributed by atoms with Crippen molar-refractivity contribution in [1.29, 1.82) is 0 Å². The summed E-state index contributed by atoms with van der Waals surface area (Å²) in [5.74, 6) is -0.256. The second-order valence-corrected chi connectivity index (χ2v) is 5.10. The minimum atomic E-state index is -0.390. The van der Waals surface area contributed by atoms with E-state index in [1.807, 2.05) is 0 Å². The second kappa shape index (κ2) is 6.74. The van der Waals surface area contributed by atoms with Crippen LogP contribution in [0, 0.1) is 11.7 Å². The van der Waals surface area contributed by atoms with E-state index in [-0.39, 0.29) is 17.8 Å². The number of hydrogen-bond acceptors (Lipinski definition) is 1. The molecule has 1 N–H and O–H groups in total. The highest BCUT2D eigenvalue weighted by Gasteiger charge is 2.16. The number of alkyl halides is 1. The lowest BCUT2D eigenvalue weighted by Crippen LogP contribution is -2.38. The van der Waals surface area contributed by atoms with Gasteiger partial charge in [0.2, 0.25) is 0 Å². The minimum absolute atomic E-state index is 0.102. The van der Waals surface area contributed by atoms with Crippen LogP contribution in [0.4, 0.5) is 4.39 Å². The number of rotatable bonds is 5. The second-order valence-electron chi connectivity index (χ2n) is 4.31. The Morgan fingerprint density at radius 3 is 2.71 bits per heavy atom. The summed E-state index contributed by atoms with van der Waals surface area (Å²) in [5.41, 5.74) is 0.366. The molecule has 0 saturated heterocycles. The number of hydrogen-bond donors (Lipinski definition) is 1. The number of amides is 1. The Balaban J connectivity index is 2.70. The van der Waals surface area contributed by atoms with Crippen molar-refractivity contribution in [3.63, 3.8) is 0 Å². The molecule has 0 heterocycles. The number of benzene rings is 1. The van der Waals surface area contributed by atoms with E-state index in [2.05, 4.69) is 35.1 Å². The Kier molecular flexibility index (Phi) is 5.62. The molecule has 1 amide bonds. The SMILES string of the molecule is CC(C)C(CCBr)NC(=O)c1cccc(F)c1. The predicted molar refractivity (Wildman–Crippen MR) is 70.9 cm³/mol. The Bertz CT molecular complexity index is 381. The van der Waals surface area contributed by atoms with Crippen LogP contribution in [0.25, 0.3) is 0 Å². The van der Waals surface area contributed by atoms with Crippen molar-refractivity contribution in [1.82, 2.24) is 5.32 Å². The zero-order valence-corrected chi connectivity index (χ0v) is 11.6. The molecular formula is C13H17BrFNO. The molecule has 17 heavy (non-hydrogen) atoms. The van der Waals surface area contributed by atoms with Crippen LogP contribution >= 0.6 is 15.9 Å². The van der Waals surface area contributed by atoms with E-state index < -0.39 is 0 Å². The first-order valence-electron chi connectivity index (χ1n) is 5.67. The van der Waals surface area contributed by atoms with Crippen molar-refractivity contribution in [2.45, 2.75) is 26.3 Å². The Labute approximate surface area is 110 Å². The molecule has 0 spiro atoms. The summed E-state index contributed by atoms with van der Waals surface area (Å²) in [6, 6.07) is 5.84. The smallest absolute Gasteiger partial charge is 0.251 e. The molecule has 94 valence electrons. The molecule has 0 fully saturated rings. The summed E-state index contributed by atoms with van der Waals surface area (Å²) in [4.78, 5) is 11.9. The predicted octanol–water partition coefficient (Wildman–Crippen LogP) is 3.37. The molecule has 0 aromatic heterocycles. The molecule has 0 radical (unpaired) electrons. The molecule has 1 aromatic carbocycles. The lowest BCUT2D eigenvalue weighted by Gasteiger charge is -2.21. The van der Waals surface area contributed by atoms with Crippen LogP contribution < -0.4 is 5.32 Å². The Hall–Kier alpha value is -0.900. The average Bonchev–Trinajstić information content (AvgIpc) is 2.28. The summed E-state index contributed by atoms with van der Waals surface area (Å²) >= 11 is 3.36. The molecule has 0 aliphatic carbocycles. The van der Waals surface area contributed by atoms with E-state index in [0.29, 0.717) is 11.5 Å². The lowest BCUT2D eigenvalue weighted by molar-refractivity contribution is 0.0924. The molecule has 0 saturated carbocycles. The van der Waals surface area contributed by atoms with Crippen molar-refractivity contribution in [3.05, 3.63) is 35.6 Å². The summed E-state index contributed by atoms with van der Waals surface area (Å²) < 4.78 is 13.0. The molecule has 4 heteroatoms. The van der Waals surface area contributed by atoms with Gasteiger partial charge in [0.1, 0.15) is 5.82 Å². The van der Waals surface area contributed by atoms with Crippen LogP contribution in [-0.2, 0) is 0 Å². The third-order valence-electron chi connectivity index (χ3n) is 2.63. The van der Waals surface area contributed by atoms with Crippen LogP contribution in [-0.4, -0.2) is 17.3 Å². The molecule has 0 aliphatic rings. The third-order valence-corrected chi connectivity index (χ3v) is 3.09. The highest BCUT2D eigenvalue weighted by Crippen LogP contribution is 2.10. The van der Waals surface area contributed by atoms with E-state index in [1.54, 1.807) is 12.1 Å². The quantitative estimate of drug-likeness (QED) is 0.830. The van der Waals surface area contributed by atoms with Crippen molar-refractivity contribution >= 4 is 21.8 Å². The topological polar surface area (TPSA) is 29.1 Å². The van der Waals surface area contributed by atoms with Gasteiger partial charge >= 0.3 is 0 Å². The molecular weight excluding hydrogens is 285 g/mol. The van der Waals surface area contributed by atoms with E-state index in [4.69, 9.17) is 0 Å². The monoisotopic (exact) mass is 301 g/mol. The fourth-order valence-corrected chi connectivity index (χ4v) is 2.06. The average molecular weight is 302 g/mol. The van der Waals surface area contributed by atoms with Gasteiger partial charge in [-0.1, -0.05) is 35.8 Å². The summed E-state index contributed by atoms with van der Waals surface area (Å²) in [7, 11) is 0. The van der Waals surface area contributed by atoms with Crippen LogP contribution in [0.2, 0.25) is 0 Å². The van der Waals surface area contributed by atoms with Gasteiger partial charge in [-0.15, -0.1) is 0 Å².